The van der Waals surface area contributed by atoms with Crippen molar-refractivity contribution in [3.8, 4) is 0 Å². The molecule has 1 unspecified atom stereocenters. The van der Waals surface area contributed by atoms with Gasteiger partial charge in [0.05, 0.1) is 4.90 Å². The van der Waals surface area contributed by atoms with Gasteiger partial charge in [0, 0.05) is 12.6 Å². The second-order valence-electron chi connectivity index (χ2n) is 5.63. The molecule has 1 saturated carbocycles. The van der Waals surface area contributed by atoms with Crippen LogP contribution in [0.1, 0.15) is 25.7 Å². The normalized spacial score (nSPS) is 22.7. The SMILES string of the molecule is O=C(NC1CC1)C1CCCN1S(=O)(=O)c1ccc(F)c(F)c1. The highest BCUT2D eigenvalue weighted by molar-refractivity contribution is 7.89. The number of sulfonamides is 1. The molecule has 1 heterocycles. The van der Waals surface area contributed by atoms with Crippen LogP contribution < -0.4 is 5.32 Å². The second kappa shape index (κ2) is 5.58. The number of rotatable bonds is 4. The topological polar surface area (TPSA) is 66.5 Å². The third-order valence-corrected chi connectivity index (χ3v) is 5.83. The molecule has 1 amide bonds. The van der Waals surface area contributed by atoms with Gasteiger partial charge in [-0.1, -0.05) is 0 Å². The Balaban J connectivity index is 1.86. The minimum atomic E-state index is -4.02. The van der Waals surface area contributed by atoms with Crippen LogP contribution in [-0.4, -0.2) is 37.3 Å². The van der Waals surface area contributed by atoms with Gasteiger partial charge in [-0.25, -0.2) is 17.2 Å². The summed E-state index contributed by atoms with van der Waals surface area (Å²) in [5.41, 5.74) is 0. The Morgan fingerprint density at radius 2 is 1.91 bits per heavy atom. The van der Waals surface area contributed by atoms with Gasteiger partial charge < -0.3 is 5.32 Å². The molecule has 0 spiro atoms. The molecule has 5 nitrogen and oxygen atoms in total. The number of hydrogen-bond donors (Lipinski definition) is 1. The van der Waals surface area contributed by atoms with Gasteiger partial charge in [0.25, 0.3) is 0 Å². The fourth-order valence-corrected chi connectivity index (χ4v) is 4.26. The average molecular weight is 330 g/mol. The summed E-state index contributed by atoms with van der Waals surface area (Å²) in [6.07, 6.45) is 2.82. The van der Waals surface area contributed by atoms with E-state index < -0.39 is 27.7 Å². The lowest BCUT2D eigenvalue weighted by Gasteiger charge is -2.23. The molecule has 8 heteroatoms. The largest absolute Gasteiger partial charge is 0.352 e. The maximum absolute atomic E-state index is 13.3. The summed E-state index contributed by atoms with van der Waals surface area (Å²) in [5, 5.41) is 2.79. The van der Waals surface area contributed by atoms with Gasteiger partial charge in [-0.05, 0) is 43.9 Å². The van der Waals surface area contributed by atoms with Crippen LogP contribution in [0.4, 0.5) is 8.78 Å². The standard InChI is InChI=1S/C14H16F2N2O3S/c15-11-6-5-10(8-12(11)16)22(20,21)18-7-1-2-13(18)14(19)17-9-3-4-9/h5-6,8-9,13H,1-4,7H2,(H,17,19). The molecule has 1 N–H and O–H groups in total. The number of carbonyl (C=O) groups excluding carboxylic acids is 1. The molecule has 0 aromatic heterocycles. The van der Waals surface area contributed by atoms with Crippen LogP contribution in [0.25, 0.3) is 0 Å². The molecular weight excluding hydrogens is 314 g/mol. The van der Waals surface area contributed by atoms with Gasteiger partial charge in [0.2, 0.25) is 15.9 Å². The third-order valence-electron chi connectivity index (χ3n) is 3.93. The highest BCUT2D eigenvalue weighted by Gasteiger charge is 2.41. The zero-order chi connectivity index (χ0) is 15.9. The van der Waals surface area contributed by atoms with Crippen LogP contribution >= 0.6 is 0 Å². The summed E-state index contributed by atoms with van der Waals surface area (Å²) >= 11 is 0. The van der Waals surface area contributed by atoms with E-state index in [1.807, 2.05) is 0 Å². The first-order valence-corrected chi connectivity index (χ1v) is 8.61. The molecule has 120 valence electrons. The summed E-state index contributed by atoms with van der Waals surface area (Å²) in [5.74, 6) is -2.64. The molecule has 3 rings (SSSR count). The van der Waals surface area contributed by atoms with Crippen molar-refractivity contribution in [1.82, 2.24) is 9.62 Å². The maximum atomic E-state index is 13.3. The highest BCUT2D eigenvalue weighted by Crippen LogP contribution is 2.28. The van der Waals surface area contributed by atoms with Crippen molar-refractivity contribution in [3.63, 3.8) is 0 Å². The molecule has 1 aliphatic carbocycles. The number of benzene rings is 1. The molecule has 1 aromatic rings. The summed E-state index contributed by atoms with van der Waals surface area (Å²) in [4.78, 5) is 11.8. The van der Waals surface area contributed by atoms with E-state index in [1.165, 1.54) is 0 Å². The molecule has 0 bridgehead atoms. The number of nitrogens with one attached hydrogen (secondary N) is 1. The molecule has 1 aromatic carbocycles. The lowest BCUT2D eigenvalue weighted by Crippen LogP contribution is -2.46. The Bertz CT molecular complexity index is 704. The van der Waals surface area contributed by atoms with E-state index in [0.29, 0.717) is 18.9 Å². The summed E-state index contributed by atoms with van der Waals surface area (Å²) in [6.45, 7) is 0.198. The summed E-state index contributed by atoms with van der Waals surface area (Å²) in [6, 6.07) is 1.80. The van der Waals surface area contributed by atoms with Crippen LogP contribution in [0.5, 0.6) is 0 Å². The van der Waals surface area contributed by atoms with E-state index in [0.717, 1.165) is 29.3 Å². The summed E-state index contributed by atoms with van der Waals surface area (Å²) in [7, 11) is -4.02. The van der Waals surface area contributed by atoms with Gasteiger partial charge in [0.1, 0.15) is 6.04 Å². The van der Waals surface area contributed by atoms with Crippen molar-refractivity contribution < 1.29 is 22.0 Å². The van der Waals surface area contributed by atoms with Crippen LogP contribution in [0.2, 0.25) is 0 Å². The predicted octanol–water partition coefficient (Wildman–Crippen LogP) is 1.40. The van der Waals surface area contributed by atoms with E-state index in [4.69, 9.17) is 0 Å². The Kier molecular flexibility index (Phi) is 3.90. The Morgan fingerprint density at radius 3 is 2.55 bits per heavy atom. The molecule has 0 radical (unpaired) electrons. The van der Waals surface area contributed by atoms with Gasteiger partial charge in [0.15, 0.2) is 11.6 Å². The first-order chi connectivity index (χ1) is 10.4. The molecule has 1 aliphatic heterocycles. The molecule has 1 saturated heterocycles. The fourth-order valence-electron chi connectivity index (χ4n) is 2.59. The maximum Gasteiger partial charge on any atom is 0.243 e. The van der Waals surface area contributed by atoms with Crippen molar-refractivity contribution in [1.29, 1.82) is 0 Å². The molecule has 1 atom stereocenters. The van der Waals surface area contributed by atoms with Crippen molar-refractivity contribution in [3.05, 3.63) is 29.8 Å². The minimum Gasteiger partial charge on any atom is -0.352 e. The van der Waals surface area contributed by atoms with E-state index in [2.05, 4.69) is 5.32 Å². The van der Waals surface area contributed by atoms with Gasteiger partial charge in [-0.3, -0.25) is 4.79 Å². The van der Waals surface area contributed by atoms with Crippen LogP contribution in [-0.2, 0) is 14.8 Å². The first-order valence-electron chi connectivity index (χ1n) is 7.17. The third kappa shape index (κ3) is 2.85. The smallest absolute Gasteiger partial charge is 0.243 e. The van der Waals surface area contributed by atoms with Crippen molar-refractivity contribution >= 4 is 15.9 Å². The molecule has 22 heavy (non-hydrogen) atoms. The summed E-state index contributed by atoms with van der Waals surface area (Å²) < 4.78 is 52.5. The van der Waals surface area contributed by atoms with Crippen molar-refractivity contribution in [2.45, 2.75) is 42.7 Å². The zero-order valence-electron chi connectivity index (χ0n) is 11.8. The second-order valence-corrected chi connectivity index (χ2v) is 7.52. The highest BCUT2D eigenvalue weighted by atomic mass is 32.2. The van der Waals surface area contributed by atoms with Gasteiger partial charge in [-0.2, -0.15) is 4.31 Å². The van der Waals surface area contributed by atoms with E-state index in [9.17, 15) is 22.0 Å². The molecule has 2 fully saturated rings. The van der Waals surface area contributed by atoms with Crippen LogP contribution in [0, 0.1) is 11.6 Å². The fraction of sp³-hybridized carbons (Fsp3) is 0.500. The zero-order valence-corrected chi connectivity index (χ0v) is 12.6. The first kappa shape index (κ1) is 15.4. The monoisotopic (exact) mass is 330 g/mol. The number of nitrogens with zero attached hydrogens (tertiary/aromatic N) is 1. The lowest BCUT2D eigenvalue weighted by atomic mass is 10.2. The average Bonchev–Trinajstić information content (AvgIpc) is 3.13. The van der Waals surface area contributed by atoms with Gasteiger partial charge >= 0.3 is 0 Å². The van der Waals surface area contributed by atoms with E-state index in [-0.39, 0.29) is 23.4 Å². The molecular formula is C14H16F2N2O3S. The van der Waals surface area contributed by atoms with Crippen LogP contribution in [0.15, 0.2) is 23.1 Å². The number of amides is 1. The van der Waals surface area contributed by atoms with Gasteiger partial charge in [-0.15, -0.1) is 0 Å². The Hall–Kier alpha value is -1.54. The quantitative estimate of drug-likeness (QED) is 0.907. The Labute approximate surface area is 127 Å². The minimum absolute atomic E-state index is 0.140. The number of halogens is 2. The number of hydrogen-bond acceptors (Lipinski definition) is 3. The lowest BCUT2D eigenvalue weighted by molar-refractivity contribution is -0.124. The van der Waals surface area contributed by atoms with Crippen molar-refractivity contribution in [2.75, 3.05) is 6.54 Å². The Morgan fingerprint density at radius 1 is 1.18 bits per heavy atom. The molecule has 2 aliphatic rings. The predicted molar refractivity (Wildman–Crippen MR) is 74.4 cm³/mol. The number of carbonyl (C=O) groups is 1. The van der Waals surface area contributed by atoms with E-state index in [1.54, 1.807) is 0 Å². The van der Waals surface area contributed by atoms with Crippen molar-refractivity contribution in [2.24, 2.45) is 0 Å². The van der Waals surface area contributed by atoms with E-state index >= 15 is 0 Å². The van der Waals surface area contributed by atoms with Crippen LogP contribution in [0.3, 0.4) is 0 Å².